The van der Waals surface area contributed by atoms with Gasteiger partial charge in [-0.3, -0.25) is 0 Å². The maximum Gasteiger partial charge on any atom is 0.343 e. The van der Waals surface area contributed by atoms with E-state index < -0.39 is 5.97 Å². The topological polar surface area (TPSA) is 46.5 Å². The highest BCUT2D eigenvalue weighted by Crippen LogP contribution is 2.19. The molecule has 0 saturated heterocycles. The van der Waals surface area contributed by atoms with Crippen molar-refractivity contribution in [2.45, 2.75) is 0 Å². The van der Waals surface area contributed by atoms with Crippen molar-refractivity contribution in [2.24, 2.45) is 0 Å². The fourth-order valence-corrected chi connectivity index (χ4v) is 2.00. The van der Waals surface area contributed by atoms with Crippen LogP contribution < -0.4 is 4.74 Å². The zero-order valence-electron chi connectivity index (χ0n) is 10.6. The van der Waals surface area contributed by atoms with Crippen molar-refractivity contribution in [1.82, 2.24) is 0 Å². The number of carbonyl (C=O) groups excluding carboxylic acids is 1. The summed E-state index contributed by atoms with van der Waals surface area (Å²) in [5, 5.41) is 11.3. The van der Waals surface area contributed by atoms with Crippen LogP contribution in [0.2, 0.25) is 0 Å². The first-order valence-electron chi connectivity index (χ1n) is 6.22. The Bertz CT molecular complexity index is 761. The Morgan fingerprint density at radius 2 is 1.55 bits per heavy atom. The summed E-state index contributed by atoms with van der Waals surface area (Å²) in [6, 6.07) is 19.3. The Morgan fingerprint density at radius 1 is 0.850 bits per heavy atom. The molecule has 98 valence electrons. The molecule has 0 amide bonds. The fourth-order valence-electron chi connectivity index (χ4n) is 2.00. The van der Waals surface area contributed by atoms with Crippen LogP contribution in [0, 0.1) is 0 Å². The summed E-state index contributed by atoms with van der Waals surface area (Å²) in [7, 11) is 0. The smallest absolute Gasteiger partial charge is 0.343 e. The molecule has 3 heteroatoms. The number of phenols is 1. The quantitative estimate of drug-likeness (QED) is 0.566. The molecule has 0 spiro atoms. The second-order valence-corrected chi connectivity index (χ2v) is 4.45. The maximum atomic E-state index is 12.1. The van der Waals surface area contributed by atoms with Gasteiger partial charge in [0.1, 0.15) is 11.5 Å². The van der Waals surface area contributed by atoms with Gasteiger partial charge >= 0.3 is 5.97 Å². The van der Waals surface area contributed by atoms with E-state index in [0.29, 0.717) is 11.3 Å². The molecular formula is C17H12O3. The summed E-state index contributed by atoms with van der Waals surface area (Å²) in [6.07, 6.45) is 0. The van der Waals surface area contributed by atoms with E-state index in [1.165, 1.54) is 12.1 Å². The molecule has 0 unspecified atom stereocenters. The van der Waals surface area contributed by atoms with Crippen LogP contribution in [0.15, 0.2) is 66.7 Å². The molecule has 1 N–H and O–H groups in total. The third-order valence-electron chi connectivity index (χ3n) is 3.03. The average Bonchev–Trinajstić information content (AvgIpc) is 2.49. The van der Waals surface area contributed by atoms with E-state index in [-0.39, 0.29) is 5.75 Å². The average molecular weight is 264 g/mol. The molecule has 0 aliphatic rings. The molecule has 0 atom stereocenters. The summed E-state index contributed by atoms with van der Waals surface area (Å²) < 4.78 is 5.25. The van der Waals surface area contributed by atoms with Crippen LogP contribution in [0.4, 0.5) is 0 Å². The molecule has 0 aliphatic heterocycles. The molecular weight excluding hydrogens is 252 g/mol. The molecule has 20 heavy (non-hydrogen) atoms. The molecule has 0 radical (unpaired) electrons. The Labute approximate surface area is 116 Å². The summed E-state index contributed by atoms with van der Waals surface area (Å²) in [5.74, 6) is 0.123. The van der Waals surface area contributed by atoms with Gasteiger partial charge in [0.15, 0.2) is 0 Å². The van der Waals surface area contributed by atoms with E-state index in [4.69, 9.17) is 4.74 Å². The molecule has 3 aromatic rings. The SMILES string of the molecule is O=C(Oc1ccc(O)cc1)c1ccc2ccccc2c1. The maximum absolute atomic E-state index is 12.1. The van der Waals surface area contributed by atoms with E-state index in [0.717, 1.165) is 10.8 Å². The van der Waals surface area contributed by atoms with Gasteiger partial charge in [-0.25, -0.2) is 4.79 Å². The lowest BCUT2D eigenvalue weighted by atomic mass is 10.1. The molecule has 0 aliphatic carbocycles. The van der Waals surface area contributed by atoms with Crippen LogP contribution in [0.3, 0.4) is 0 Å². The third kappa shape index (κ3) is 2.47. The van der Waals surface area contributed by atoms with Gasteiger partial charge in [0.2, 0.25) is 0 Å². The van der Waals surface area contributed by atoms with Crippen LogP contribution in [0.25, 0.3) is 10.8 Å². The monoisotopic (exact) mass is 264 g/mol. The Balaban J connectivity index is 1.86. The molecule has 3 rings (SSSR count). The first kappa shape index (κ1) is 12.2. The van der Waals surface area contributed by atoms with Gasteiger partial charge in [0, 0.05) is 0 Å². The van der Waals surface area contributed by atoms with E-state index in [9.17, 15) is 9.90 Å². The van der Waals surface area contributed by atoms with Crippen molar-refractivity contribution in [3.63, 3.8) is 0 Å². The van der Waals surface area contributed by atoms with Crippen LogP contribution in [-0.2, 0) is 0 Å². The highest BCUT2D eigenvalue weighted by atomic mass is 16.5. The first-order chi connectivity index (χ1) is 9.72. The molecule has 0 aromatic heterocycles. The standard InChI is InChI=1S/C17H12O3/c18-15-7-9-16(10-8-15)20-17(19)14-6-5-12-3-1-2-4-13(12)11-14/h1-11,18H. The van der Waals surface area contributed by atoms with Crippen molar-refractivity contribution in [1.29, 1.82) is 0 Å². The van der Waals surface area contributed by atoms with Gasteiger partial charge < -0.3 is 9.84 Å². The normalized spacial score (nSPS) is 10.4. The van der Waals surface area contributed by atoms with Gasteiger partial charge in [-0.15, -0.1) is 0 Å². The van der Waals surface area contributed by atoms with Gasteiger partial charge in [0.05, 0.1) is 5.56 Å². The first-order valence-corrected chi connectivity index (χ1v) is 6.22. The van der Waals surface area contributed by atoms with Crippen molar-refractivity contribution in [3.05, 3.63) is 72.3 Å². The minimum atomic E-state index is -0.415. The second-order valence-electron chi connectivity index (χ2n) is 4.45. The largest absolute Gasteiger partial charge is 0.508 e. The van der Waals surface area contributed by atoms with E-state index >= 15 is 0 Å². The number of benzene rings is 3. The number of ether oxygens (including phenoxy) is 1. The number of fused-ring (bicyclic) bond motifs is 1. The Hall–Kier alpha value is -2.81. The minimum absolute atomic E-state index is 0.135. The van der Waals surface area contributed by atoms with Crippen molar-refractivity contribution < 1.29 is 14.6 Å². The van der Waals surface area contributed by atoms with E-state index in [1.807, 2.05) is 30.3 Å². The molecule has 0 saturated carbocycles. The number of carbonyl (C=O) groups is 1. The van der Waals surface area contributed by atoms with Crippen molar-refractivity contribution in [3.8, 4) is 11.5 Å². The van der Waals surface area contributed by atoms with Gasteiger partial charge in [-0.2, -0.15) is 0 Å². The van der Waals surface area contributed by atoms with E-state index in [1.54, 1.807) is 24.3 Å². The summed E-state index contributed by atoms with van der Waals surface area (Å²) in [6.45, 7) is 0. The lowest BCUT2D eigenvalue weighted by Gasteiger charge is -2.05. The summed E-state index contributed by atoms with van der Waals surface area (Å²) in [4.78, 5) is 12.1. The Morgan fingerprint density at radius 3 is 2.30 bits per heavy atom. The van der Waals surface area contributed by atoms with E-state index in [2.05, 4.69) is 0 Å². The summed E-state index contributed by atoms with van der Waals surface area (Å²) in [5.41, 5.74) is 0.497. The van der Waals surface area contributed by atoms with Crippen molar-refractivity contribution >= 4 is 16.7 Å². The third-order valence-corrected chi connectivity index (χ3v) is 3.03. The van der Waals surface area contributed by atoms with Crippen LogP contribution >= 0.6 is 0 Å². The second kappa shape index (κ2) is 5.05. The number of phenolic OH excluding ortho intramolecular Hbond substituents is 1. The molecule has 0 heterocycles. The number of esters is 1. The van der Waals surface area contributed by atoms with Gasteiger partial charge in [-0.1, -0.05) is 30.3 Å². The lowest BCUT2D eigenvalue weighted by Crippen LogP contribution is -2.08. The predicted molar refractivity (Wildman–Crippen MR) is 77.0 cm³/mol. The van der Waals surface area contributed by atoms with Gasteiger partial charge in [0.25, 0.3) is 0 Å². The fraction of sp³-hybridized carbons (Fsp3) is 0. The lowest BCUT2D eigenvalue weighted by molar-refractivity contribution is 0.0735. The number of rotatable bonds is 2. The van der Waals surface area contributed by atoms with Gasteiger partial charge in [-0.05, 0) is 47.2 Å². The molecule has 0 fully saturated rings. The number of hydrogen-bond donors (Lipinski definition) is 1. The highest BCUT2D eigenvalue weighted by Gasteiger charge is 2.09. The number of hydrogen-bond acceptors (Lipinski definition) is 3. The summed E-state index contributed by atoms with van der Waals surface area (Å²) >= 11 is 0. The molecule has 0 bridgehead atoms. The minimum Gasteiger partial charge on any atom is -0.508 e. The molecule has 3 aromatic carbocycles. The van der Waals surface area contributed by atoms with Crippen LogP contribution in [-0.4, -0.2) is 11.1 Å². The Kier molecular flexibility index (Phi) is 3.09. The predicted octanol–water partition coefficient (Wildman–Crippen LogP) is 3.76. The zero-order valence-corrected chi connectivity index (χ0v) is 10.6. The highest BCUT2D eigenvalue weighted by molar-refractivity contribution is 5.96. The van der Waals surface area contributed by atoms with Crippen LogP contribution in [0.1, 0.15) is 10.4 Å². The van der Waals surface area contributed by atoms with Crippen LogP contribution in [0.5, 0.6) is 11.5 Å². The number of aromatic hydroxyl groups is 1. The van der Waals surface area contributed by atoms with Crippen molar-refractivity contribution in [2.75, 3.05) is 0 Å². The zero-order chi connectivity index (χ0) is 13.9. The molecule has 3 nitrogen and oxygen atoms in total.